The number of ether oxygens (including phenoxy) is 1. The van der Waals surface area contributed by atoms with Gasteiger partial charge in [0.25, 0.3) is 5.91 Å². The van der Waals surface area contributed by atoms with Crippen LogP contribution in [0.5, 0.6) is 0 Å². The van der Waals surface area contributed by atoms with Crippen molar-refractivity contribution >= 4 is 57.2 Å². The SMILES string of the molecule is CC(=O)OCC1=C(C(=O)O)N2C(=O)C(NC(=O)CC(=O)CBr)[C@H]2SC1. The van der Waals surface area contributed by atoms with E-state index < -0.39 is 35.2 Å². The van der Waals surface area contributed by atoms with Gasteiger partial charge in [-0.05, 0) is 0 Å². The Hall–Kier alpha value is -1.88. The number of aliphatic carboxylic acids is 1. The summed E-state index contributed by atoms with van der Waals surface area (Å²) >= 11 is 4.20. The lowest BCUT2D eigenvalue weighted by atomic mass is 10.0. The van der Waals surface area contributed by atoms with Crippen LogP contribution in [-0.4, -0.2) is 68.6 Å². The normalized spacial score (nSPS) is 22.0. The summed E-state index contributed by atoms with van der Waals surface area (Å²) in [5, 5.41) is 11.3. The number of nitrogens with zero attached hydrogens (tertiary/aromatic N) is 1. The Morgan fingerprint density at radius 1 is 1.40 bits per heavy atom. The third kappa shape index (κ3) is 4.21. The van der Waals surface area contributed by atoms with E-state index >= 15 is 0 Å². The Labute approximate surface area is 155 Å². The van der Waals surface area contributed by atoms with Crippen molar-refractivity contribution in [3.05, 3.63) is 11.3 Å². The molecule has 1 saturated heterocycles. The highest BCUT2D eigenvalue weighted by atomic mass is 79.9. The number of rotatable bonds is 7. The standard InChI is InChI=1S/C14H15BrN2O7S/c1-6(18)24-4-7-5-25-13-10(16-9(20)2-8(19)3-15)12(21)17(13)11(7)14(22)23/h10,13H,2-5H2,1H3,(H,16,20)(H,22,23)/t10?,13-/m1/s1. The van der Waals surface area contributed by atoms with E-state index in [2.05, 4.69) is 21.2 Å². The fourth-order valence-electron chi connectivity index (χ4n) is 2.43. The summed E-state index contributed by atoms with van der Waals surface area (Å²) in [7, 11) is 0. The molecular formula is C14H15BrN2O7S. The number of thioether (sulfide) groups is 1. The molecule has 0 bridgehead atoms. The molecule has 2 aliphatic heterocycles. The maximum absolute atomic E-state index is 12.3. The molecule has 0 radical (unpaired) electrons. The van der Waals surface area contributed by atoms with Crippen LogP contribution in [0, 0.1) is 0 Å². The van der Waals surface area contributed by atoms with Gasteiger partial charge in [-0.15, -0.1) is 11.8 Å². The molecule has 0 aromatic heterocycles. The van der Waals surface area contributed by atoms with Crippen LogP contribution in [0.1, 0.15) is 13.3 Å². The molecule has 2 N–H and O–H groups in total. The molecule has 1 fully saturated rings. The highest BCUT2D eigenvalue weighted by molar-refractivity contribution is 9.09. The van der Waals surface area contributed by atoms with Gasteiger partial charge in [0.15, 0.2) is 5.78 Å². The number of β-lactam (4-membered cyclic amide) rings is 1. The minimum Gasteiger partial charge on any atom is -0.477 e. The van der Waals surface area contributed by atoms with Crippen molar-refractivity contribution in [2.24, 2.45) is 0 Å². The molecular weight excluding hydrogens is 420 g/mol. The Bertz CT molecular complexity index is 678. The molecule has 2 rings (SSSR count). The highest BCUT2D eigenvalue weighted by Crippen LogP contribution is 2.40. The second kappa shape index (κ2) is 8.00. The molecule has 2 atom stereocenters. The zero-order chi connectivity index (χ0) is 18.7. The number of carboxylic acid groups (broad SMARTS) is 1. The number of carbonyl (C=O) groups excluding carboxylic acids is 4. The molecule has 2 heterocycles. The number of nitrogens with one attached hydrogen (secondary N) is 1. The van der Waals surface area contributed by atoms with Crippen molar-refractivity contribution in [3.63, 3.8) is 0 Å². The minimum atomic E-state index is -1.31. The Morgan fingerprint density at radius 2 is 2.08 bits per heavy atom. The van der Waals surface area contributed by atoms with Crippen LogP contribution in [0.25, 0.3) is 0 Å². The lowest BCUT2D eigenvalue weighted by Crippen LogP contribution is -2.70. The number of amides is 2. The second-order valence-electron chi connectivity index (χ2n) is 5.34. The van der Waals surface area contributed by atoms with E-state index in [9.17, 15) is 29.1 Å². The molecule has 0 spiro atoms. The topological polar surface area (TPSA) is 130 Å². The first-order valence-electron chi connectivity index (χ1n) is 7.16. The summed E-state index contributed by atoms with van der Waals surface area (Å²) in [6.07, 6.45) is -0.355. The molecule has 0 aromatic rings. The third-order valence-corrected chi connectivity index (χ3v) is 5.49. The van der Waals surface area contributed by atoms with Crippen LogP contribution in [-0.2, 0) is 28.7 Å². The van der Waals surface area contributed by atoms with Crippen LogP contribution in [0.4, 0.5) is 0 Å². The van der Waals surface area contributed by atoms with Crippen molar-refractivity contribution in [1.82, 2.24) is 10.2 Å². The van der Waals surface area contributed by atoms with Crippen LogP contribution >= 0.6 is 27.7 Å². The van der Waals surface area contributed by atoms with E-state index in [4.69, 9.17) is 4.74 Å². The lowest BCUT2D eigenvalue weighted by molar-refractivity contribution is -0.151. The van der Waals surface area contributed by atoms with Gasteiger partial charge in [-0.3, -0.25) is 24.1 Å². The molecule has 11 heteroatoms. The van der Waals surface area contributed by atoms with Gasteiger partial charge in [-0.2, -0.15) is 0 Å². The van der Waals surface area contributed by atoms with Gasteiger partial charge in [0.2, 0.25) is 5.91 Å². The smallest absolute Gasteiger partial charge is 0.352 e. The number of ketones is 1. The minimum absolute atomic E-state index is 0.0365. The quantitative estimate of drug-likeness (QED) is 0.240. The first-order valence-corrected chi connectivity index (χ1v) is 9.33. The average molecular weight is 435 g/mol. The van der Waals surface area contributed by atoms with E-state index in [1.54, 1.807) is 0 Å². The zero-order valence-electron chi connectivity index (χ0n) is 13.1. The summed E-state index contributed by atoms with van der Waals surface area (Å²) in [5.74, 6) is -3.10. The van der Waals surface area contributed by atoms with Crippen molar-refractivity contribution in [2.75, 3.05) is 17.7 Å². The molecule has 0 saturated carbocycles. The number of hydrogen-bond donors (Lipinski definition) is 2. The number of fused-ring (bicyclic) bond motifs is 1. The molecule has 9 nitrogen and oxygen atoms in total. The number of alkyl halides is 1. The summed E-state index contributed by atoms with van der Waals surface area (Å²) in [6.45, 7) is 0.992. The first-order chi connectivity index (χ1) is 11.8. The Morgan fingerprint density at radius 3 is 2.64 bits per heavy atom. The van der Waals surface area contributed by atoms with Gasteiger partial charge < -0.3 is 15.2 Å². The lowest BCUT2D eigenvalue weighted by Gasteiger charge is -2.49. The monoisotopic (exact) mass is 434 g/mol. The van der Waals surface area contributed by atoms with E-state index in [-0.39, 0.29) is 35.6 Å². The number of esters is 1. The summed E-state index contributed by atoms with van der Waals surface area (Å²) in [4.78, 5) is 58.8. The Kier molecular flexibility index (Phi) is 6.22. The second-order valence-corrected chi connectivity index (χ2v) is 7.01. The molecule has 0 aromatic carbocycles. The van der Waals surface area contributed by atoms with E-state index in [1.165, 1.54) is 18.7 Å². The van der Waals surface area contributed by atoms with Crippen LogP contribution < -0.4 is 5.32 Å². The van der Waals surface area contributed by atoms with Gasteiger partial charge in [-0.1, -0.05) is 15.9 Å². The Balaban J connectivity index is 2.10. The van der Waals surface area contributed by atoms with Gasteiger partial charge in [0.1, 0.15) is 23.7 Å². The molecule has 0 aliphatic carbocycles. The predicted molar refractivity (Wildman–Crippen MR) is 89.7 cm³/mol. The molecule has 25 heavy (non-hydrogen) atoms. The van der Waals surface area contributed by atoms with Crippen LogP contribution in [0.3, 0.4) is 0 Å². The largest absolute Gasteiger partial charge is 0.477 e. The maximum Gasteiger partial charge on any atom is 0.352 e. The fourth-order valence-corrected chi connectivity index (χ4v) is 3.96. The predicted octanol–water partition coefficient (Wildman–Crippen LogP) is -0.358. The number of halogens is 1. The maximum atomic E-state index is 12.3. The van der Waals surface area contributed by atoms with Gasteiger partial charge in [0.05, 0.1) is 11.8 Å². The number of carboxylic acids is 1. The van der Waals surface area contributed by atoms with Crippen molar-refractivity contribution in [3.8, 4) is 0 Å². The summed E-state index contributed by atoms with van der Waals surface area (Å²) in [5.41, 5.74) is 0.0913. The first kappa shape index (κ1) is 19.4. The number of Topliss-reactive ketones (excluding diaryl/α,β-unsaturated/α-hetero) is 1. The van der Waals surface area contributed by atoms with Gasteiger partial charge in [0, 0.05) is 18.2 Å². The van der Waals surface area contributed by atoms with Crippen LogP contribution in [0.2, 0.25) is 0 Å². The van der Waals surface area contributed by atoms with E-state index in [0.29, 0.717) is 5.57 Å². The summed E-state index contributed by atoms with van der Waals surface area (Å²) in [6, 6.07) is -0.884. The van der Waals surface area contributed by atoms with Crippen molar-refractivity contribution < 1.29 is 33.8 Å². The van der Waals surface area contributed by atoms with Crippen molar-refractivity contribution in [2.45, 2.75) is 24.8 Å². The van der Waals surface area contributed by atoms with Crippen LogP contribution in [0.15, 0.2) is 11.3 Å². The van der Waals surface area contributed by atoms with Gasteiger partial charge in [-0.25, -0.2) is 4.79 Å². The number of hydrogen-bond acceptors (Lipinski definition) is 7. The molecule has 1 unspecified atom stereocenters. The van der Waals surface area contributed by atoms with E-state index in [0.717, 1.165) is 4.90 Å². The molecule has 136 valence electrons. The summed E-state index contributed by atoms with van der Waals surface area (Å²) < 4.78 is 4.83. The van der Waals surface area contributed by atoms with E-state index in [1.807, 2.05) is 0 Å². The average Bonchev–Trinajstić information content (AvgIpc) is 2.56. The number of carbonyl (C=O) groups is 5. The molecule has 2 aliphatic rings. The highest BCUT2D eigenvalue weighted by Gasteiger charge is 2.54. The fraction of sp³-hybridized carbons (Fsp3) is 0.500. The zero-order valence-corrected chi connectivity index (χ0v) is 15.5. The van der Waals surface area contributed by atoms with Crippen molar-refractivity contribution in [1.29, 1.82) is 0 Å². The third-order valence-electron chi connectivity index (χ3n) is 3.52. The molecule has 2 amide bonds. The van der Waals surface area contributed by atoms with Gasteiger partial charge >= 0.3 is 11.9 Å².